The molecule has 0 atom stereocenters. The van der Waals surface area contributed by atoms with E-state index in [1.807, 2.05) is 0 Å². The summed E-state index contributed by atoms with van der Waals surface area (Å²) in [5.41, 5.74) is -3.70. The highest BCUT2D eigenvalue weighted by molar-refractivity contribution is 6.33. The Kier molecular flexibility index (Phi) is 6.62. The lowest BCUT2D eigenvalue weighted by atomic mass is 10.2. The van der Waals surface area contributed by atoms with E-state index in [1.165, 1.54) is 7.11 Å². The number of carbonyl (C=O) groups excluding carboxylic acids is 1. The average Bonchev–Trinajstić information content (AvgIpc) is 2.61. The highest BCUT2D eigenvalue weighted by Gasteiger charge is 2.35. The lowest BCUT2D eigenvalue weighted by Gasteiger charge is -2.15. The number of esters is 1. The number of rotatable bonds is 6. The van der Waals surface area contributed by atoms with Crippen molar-refractivity contribution in [1.82, 2.24) is 9.55 Å². The van der Waals surface area contributed by atoms with E-state index < -0.39 is 40.9 Å². The van der Waals surface area contributed by atoms with E-state index in [0.29, 0.717) is 10.6 Å². The van der Waals surface area contributed by atoms with Gasteiger partial charge in [0.05, 0.1) is 30.0 Å². The molecule has 0 bridgehead atoms. The second-order valence-electron chi connectivity index (χ2n) is 5.21. The van der Waals surface area contributed by atoms with Gasteiger partial charge in [-0.2, -0.15) is 18.2 Å². The van der Waals surface area contributed by atoms with E-state index in [4.69, 9.17) is 25.8 Å². The van der Waals surface area contributed by atoms with Crippen LogP contribution in [0.1, 0.15) is 16.1 Å². The van der Waals surface area contributed by atoms with Gasteiger partial charge in [-0.05, 0) is 12.1 Å². The third-order valence-electron chi connectivity index (χ3n) is 3.38. The molecule has 0 N–H and O–H groups in total. The van der Waals surface area contributed by atoms with Gasteiger partial charge in [0, 0.05) is 13.2 Å². The monoisotopic (exact) mass is 424 g/mol. The zero-order chi connectivity index (χ0) is 21.1. The first kappa shape index (κ1) is 21.6. The van der Waals surface area contributed by atoms with Gasteiger partial charge in [-0.3, -0.25) is 4.79 Å². The summed E-state index contributed by atoms with van der Waals surface area (Å²) in [6, 6.07) is 0.909. The van der Waals surface area contributed by atoms with Crippen molar-refractivity contribution in [2.45, 2.75) is 6.18 Å². The zero-order valence-electron chi connectivity index (χ0n) is 14.5. The van der Waals surface area contributed by atoms with Crippen molar-refractivity contribution in [3.05, 3.63) is 50.7 Å². The molecular formula is C16H13ClF4N2O5. The van der Waals surface area contributed by atoms with Gasteiger partial charge in [0.15, 0.2) is 5.69 Å². The number of alkyl halides is 3. The lowest BCUT2D eigenvalue weighted by molar-refractivity contribution is -0.141. The largest absolute Gasteiger partial charge is 0.468 e. The zero-order valence-corrected chi connectivity index (χ0v) is 15.2. The summed E-state index contributed by atoms with van der Waals surface area (Å²) >= 11 is 5.84. The standard InChI is InChI=1S/C16H13ClF4N2O5/c1-26-3-4-28-14(25)8-5-11(10(18)6-9(8)17)23-13(24)7-12(16(19,20)21)22-15(23)27-2/h5-7H,3-4H2,1-2H3. The van der Waals surface area contributed by atoms with Crippen molar-refractivity contribution in [2.75, 3.05) is 27.4 Å². The third kappa shape index (κ3) is 4.60. The highest BCUT2D eigenvalue weighted by Crippen LogP contribution is 2.30. The molecule has 0 unspecified atom stereocenters. The Labute approximate surface area is 160 Å². The number of hydrogen-bond acceptors (Lipinski definition) is 6. The Morgan fingerprint density at radius 3 is 2.46 bits per heavy atom. The minimum Gasteiger partial charge on any atom is -0.468 e. The van der Waals surface area contributed by atoms with Crippen molar-refractivity contribution < 1.29 is 36.6 Å². The fourth-order valence-corrected chi connectivity index (χ4v) is 2.35. The molecule has 0 aliphatic carbocycles. The molecule has 0 aliphatic heterocycles. The number of aromatic nitrogens is 2. The molecule has 1 aromatic heterocycles. The van der Waals surface area contributed by atoms with Crippen molar-refractivity contribution in [3.8, 4) is 11.7 Å². The van der Waals surface area contributed by atoms with Crippen LogP contribution in [-0.2, 0) is 15.7 Å². The number of nitrogens with zero attached hydrogens (tertiary/aromatic N) is 2. The first-order valence-electron chi connectivity index (χ1n) is 7.51. The second-order valence-corrected chi connectivity index (χ2v) is 5.62. The number of ether oxygens (including phenoxy) is 3. The highest BCUT2D eigenvalue weighted by atomic mass is 35.5. The molecule has 0 fully saturated rings. The molecule has 0 aliphatic rings. The molecular weight excluding hydrogens is 412 g/mol. The summed E-state index contributed by atoms with van der Waals surface area (Å²) in [5.74, 6) is -2.05. The summed E-state index contributed by atoms with van der Waals surface area (Å²) in [6.07, 6.45) is -4.92. The maximum atomic E-state index is 14.4. The minimum absolute atomic E-state index is 0.0908. The number of methoxy groups -OCH3 is 2. The van der Waals surface area contributed by atoms with Crippen LogP contribution in [0.25, 0.3) is 5.69 Å². The molecule has 2 aromatic rings. The van der Waals surface area contributed by atoms with Gasteiger partial charge in [-0.15, -0.1) is 0 Å². The van der Waals surface area contributed by atoms with Gasteiger partial charge in [0.2, 0.25) is 0 Å². The average molecular weight is 425 g/mol. The van der Waals surface area contributed by atoms with Crippen molar-refractivity contribution in [2.24, 2.45) is 0 Å². The van der Waals surface area contributed by atoms with E-state index >= 15 is 0 Å². The van der Waals surface area contributed by atoms with Gasteiger partial charge in [0.1, 0.15) is 12.4 Å². The number of carbonyl (C=O) groups is 1. The predicted octanol–water partition coefficient (Wildman–Crippen LogP) is 2.86. The van der Waals surface area contributed by atoms with Crippen LogP contribution in [0.3, 0.4) is 0 Å². The Hall–Kier alpha value is -2.66. The summed E-state index contributed by atoms with van der Waals surface area (Å²) in [6.45, 7) is -0.0308. The van der Waals surface area contributed by atoms with Crippen LogP contribution in [0.2, 0.25) is 5.02 Å². The molecule has 0 amide bonds. The normalized spacial score (nSPS) is 11.4. The van der Waals surface area contributed by atoms with Crippen LogP contribution < -0.4 is 10.3 Å². The van der Waals surface area contributed by atoms with Crippen LogP contribution in [-0.4, -0.2) is 43.0 Å². The van der Waals surface area contributed by atoms with E-state index in [-0.39, 0.29) is 29.9 Å². The Bertz CT molecular complexity index is 946. The smallest absolute Gasteiger partial charge is 0.433 e. The summed E-state index contributed by atoms with van der Waals surface area (Å²) in [5, 5.41) is -0.324. The molecule has 0 spiro atoms. The van der Waals surface area contributed by atoms with E-state index in [9.17, 15) is 27.2 Å². The molecule has 0 saturated carbocycles. The number of benzene rings is 1. The van der Waals surface area contributed by atoms with Crippen LogP contribution in [0.4, 0.5) is 17.6 Å². The van der Waals surface area contributed by atoms with Gasteiger partial charge >= 0.3 is 18.2 Å². The fourth-order valence-electron chi connectivity index (χ4n) is 2.13. The van der Waals surface area contributed by atoms with Crippen LogP contribution in [0.15, 0.2) is 23.0 Å². The third-order valence-corrected chi connectivity index (χ3v) is 3.69. The molecule has 1 heterocycles. The second kappa shape index (κ2) is 8.57. The molecule has 152 valence electrons. The van der Waals surface area contributed by atoms with Crippen molar-refractivity contribution in [3.63, 3.8) is 0 Å². The molecule has 28 heavy (non-hydrogen) atoms. The van der Waals surface area contributed by atoms with Gasteiger partial charge < -0.3 is 14.2 Å². The summed E-state index contributed by atoms with van der Waals surface area (Å²) in [4.78, 5) is 27.5. The van der Waals surface area contributed by atoms with E-state index in [1.54, 1.807) is 0 Å². The van der Waals surface area contributed by atoms with Crippen LogP contribution >= 0.6 is 11.6 Å². The Morgan fingerprint density at radius 1 is 1.21 bits per heavy atom. The molecule has 12 heteroatoms. The molecule has 7 nitrogen and oxygen atoms in total. The Balaban J connectivity index is 2.60. The minimum atomic E-state index is -4.92. The molecule has 0 saturated heterocycles. The topological polar surface area (TPSA) is 79.7 Å². The maximum Gasteiger partial charge on any atom is 0.433 e. The SMILES string of the molecule is COCCOC(=O)c1cc(-n2c(OC)nc(C(F)(F)F)cc2=O)c(F)cc1Cl. The fraction of sp³-hybridized carbons (Fsp3) is 0.312. The van der Waals surface area contributed by atoms with Crippen LogP contribution in [0.5, 0.6) is 6.01 Å². The van der Waals surface area contributed by atoms with E-state index in [0.717, 1.165) is 13.2 Å². The van der Waals surface area contributed by atoms with Gasteiger partial charge in [-0.25, -0.2) is 13.8 Å². The first-order chi connectivity index (χ1) is 13.1. The summed E-state index contributed by atoms with van der Waals surface area (Å²) in [7, 11) is 2.33. The molecule has 2 rings (SSSR count). The maximum absolute atomic E-state index is 14.4. The Morgan fingerprint density at radius 2 is 1.89 bits per heavy atom. The quantitative estimate of drug-likeness (QED) is 0.403. The molecule has 0 radical (unpaired) electrons. The number of hydrogen-bond donors (Lipinski definition) is 0. The molecule has 1 aromatic carbocycles. The van der Waals surface area contributed by atoms with Crippen molar-refractivity contribution in [1.29, 1.82) is 0 Å². The van der Waals surface area contributed by atoms with Crippen LogP contribution in [0, 0.1) is 5.82 Å². The predicted molar refractivity (Wildman–Crippen MR) is 88.5 cm³/mol. The number of halogens is 5. The van der Waals surface area contributed by atoms with Crippen molar-refractivity contribution >= 4 is 17.6 Å². The van der Waals surface area contributed by atoms with Gasteiger partial charge in [-0.1, -0.05) is 11.6 Å². The first-order valence-corrected chi connectivity index (χ1v) is 7.88. The van der Waals surface area contributed by atoms with E-state index in [2.05, 4.69) is 4.98 Å². The summed E-state index contributed by atoms with van der Waals surface area (Å²) < 4.78 is 67.7. The van der Waals surface area contributed by atoms with Gasteiger partial charge in [0.25, 0.3) is 5.56 Å². The lowest BCUT2D eigenvalue weighted by Crippen LogP contribution is -2.25.